The maximum atomic E-state index is 10.6. The molecule has 0 amide bonds. The van der Waals surface area contributed by atoms with Crippen LogP contribution in [0.25, 0.3) is 11.0 Å². The van der Waals surface area contributed by atoms with Crippen molar-refractivity contribution in [1.29, 1.82) is 0 Å². The number of rotatable bonds is 9. The maximum absolute atomic E-state index is 10.6. The van der Waals surface area contributed by atoms with Crippen molar-refractivity contribution in [3.05, 3.63) is 82.8 Å². The molecule has 2 atom stereocenters. The number of imidazole rings is 1. The topological polar surface area (TPSA) is 56.5 Å². The van der Waals surface area contributed by atoms with E-state index in [1.807, 2.05) is 83.6 Å². The van der Waals surface area contributed by atoms with E-state index in [9.17, 15) is 5.11 Å². The molecule has 2 aromatic heterocycles. The van der Waals surface area contributed by atoms with Crippen LogP contribution in [-0.4, -0.2) is 27.4 Å². The smallest absolute Gasteiger partial charge is 0.153 e. The lowest BCUT2D eigenvalue weighted by Gasteiger charge is -2.19. The second kappa shape index (κ2) is 9.22. The summed E-state index contributed by atoms with van der Waals surface area (Å²) in [5.41, 5.74) is 1.86. The summed E-state index contributed by atoms with van der Waals surface area (Å²) in [6.45, 7) is 3.14. The largest absolute Gasteiger partial charge is 0.483 e. The molecule has 2 aromatic carbocycles. The second-order valence-corrected chi connectivity index (χ2v) is 7.92. The first kappa shape index (κ1) is 19.6. The zero-order valence-corrected chi connectivity index (χ0v) is 17.1. The van der Waals surface area contributed by atoms with E-state index in [0.29, 0.717) is 13.2 Å². The average molecular weight is 409 g/mol. The van der Waals surface area contributed by atoms with Gasteiger partial charge in [-0.1, -0.05) is 36.4 Å². The molecule has 0 bridgehead atoms. The number of benzene rings is 2. The van der Waals surface area contributed by atoms with Crippen molar-refractivity contribution in [2.24, 2.45) is 0 Å². The molecule has 1 N–H and O–H groups in total. The fraction of sp³-hybridized carbons (Fsp3) is 0.261. The van der Waals surface area contributed by atoms with Crippen LogP contribution in [0.1, 0.15) is 23.7 Å². The van der Waals surface area contributed by atoms with E-state index in [1.54, 1.807) is 11.3 Å². The molecule has 0 aliphatic carbocycles. The molecule has 5 nitrogen and oxygen atoms in total. The molecule has 0 aliphatic heterocycles. The molecule has 150 valence electrons. The molecule has 0 radical (unpaired) electrons. The van der Waals surface area contributed by atoms with Crippen molar-refractivity contribution < 1.29 is 14.6 Å². The van der Waals surface area contributed by atoms with Gasteiger partial charge in [0.1, 0.15) is 5.75 Å². The highest BCUT2D eigenvalue weighted by Gasteiger charge is 2.20. The third kappa shape index (κ3) is 4.85. The van der Waals surface area contributed by atoms with E-state index in [1.165, 1.54) is 0 Å². The van der Waals surface area contributed by atoms with E-state index in [4.69, 9.17) is 14.5 Å². The minimum Gasteiger partial charge on any atom is -0.483 e. The molecule has 0 aliphatic rings. The Kier molecular flexibility index (Phi) is 6.24. The molecule has 2 heterocycles. The molecule has 0 saturated carbocycles. The van der Waals surface area contributed by atoms with Crippen molar-refractivity contribution >= 4 is 22.4 Å². The highest BCUT2D eigenvalue weighted by atomic mass is 32.1. The van der Waals surface area contributed by atoms with Crippen molar-refractivity contribution in [3.8, 4) is 5.75 Å². The number of aliphatic hydroxyl groups excluding tert-OH is 1. The molecule has 0 saturated heterocycles. The maximum Gasteiger partial charge on any atom is 0.153 e. The van der Waals surface area contributed by atoms with Crippen LogP contribution in [0.15, 0.2) is 72.1 Å². The fourth-order valence-electron chi connectivity index (χ4n) is 3.31. The number of hydrogen-bond donors (Lipinski definition) is 1. The number of nitrogens with zero attached hydrogens (tertiary/aromatic N) is 2. The van der Waals surface area contributed by atoms with Gasteiger partial charge < -0.3 is 19.1 Å². The zero-order chi connectivity index (χ0) is 20.1. The van der Waals surface area contributed by atoms with Gasteiger partial charge in [-0.3, -0.25) is 0 Å². The molecule has 0 fully saturated rings. The van der Waals surface area contributed by atoms with Gasteiger partial charge in [-0.05, 0) is 42.6 Å². The minimum absolute atomic E-state index is 0.260. The van der Waals surface area contributed by atoms with Gasteiger partial charge in [-0.15, -0.1) is 11.3 Å². The van der Waals surface area contributed by atoms with Gasteiger partial charge in [-0.2, -0.15) is 0 Å². The van der Waals surface area contributed by atoms with Crippen LogP contribution in [0.2, 0.25) is 0 Å². The molecular weight excluding hydrogens is 384 g/mol. The normalized spacial score (nSPS) is 13.4. The van der Waals surface area contributed by atoms with Gasteiger partial charge in [0.25, 0.3) is 0 Å². The molecule has 4 rings (SSSR count). The highest BCUT2D eigenvalue weighted by Crippen LogP contribution is 2.25. The quantitative estimate of drug-likeness (QED) is 0.432. The first-order chi connectivity index (χ1) is 14.2. The monoisotopic (exact) mass is 408 g/mol. The van der Waals surface area contributed by atoms with E-state index < -0.39 is 6.10 Å². The Morgan fingerprint density at radius 3 is 2.62 bits per heavy atom. The lowest BCUT2D eigenvalue weighted by Crippen LogP contribution is -2.24. The fourth-order valence-corrected chi connectivity index (χ4v) is 3.95. The molecular formula is C23H24N2O3S. The van der Waals surface area contributed by atoms with E-state index >= 15 is 0 Å². The molecule has 6 heteroatoms. The number of hydrogen-bond acceptors (Lipinski definition) is 5. The molecule has 0 unspecified atom stereocenters. The van der Waals surface area contributed by atoms with E-state index in [0.717, 1.165) is 27.5 Å². The lowest BCUT2D eigenvalue weighted by molar-refractivity contribution is 0.0207. The summed E-state index contributed by atoms with van der Waals surface area (Å²) < 4.78 is 13.8. The Morgan fingerprint density at radius 1 is 1.03 bits per heavy atom. The van der Waals surface area contributed by atoms with Crippen molar-refractivity contribution in [2.75, 3.05) is 6.61 Å². The van der Waals surface area contributed by atoms with E-state index in [-0.39, 0.29) is 12.7 Å². The van der Waals surface area contributed by atoms with Crippen LogP contribution in [0, 0.1) is 0 Å². The van der Waals surface area contributed by atoms with Gasteiger partial charge in [0, 0.05) is 4.88 Å². The van der Waals surface area contributed by atoms with Crippen LogP contribution in [0.5, 0.6) is 5.75 Å². The molecule has 0 spiro atoms. The van der Waals surface area contributed by atoms with Crippen LogP contribution in [-0.2, 0) is 17.9 Å². The zero-order valence-electron chi connectivity index (χ0n) is 16.3. The van der Waals surface area contributed by atoms with Crippen molar-refractivity contribution in [2.45, 2.75) is 32.3 Å². The Bertz CT molecular complexity index is 1030. The molecule has 29 heavy (non-hydrogen) atoms. The minimum atomic E-state index is -0.643. The second-order valence-electron chi connectivity index (χ2n) is 6.89. The van der Waals surface area contributed by atoms with Gasteiger partial charge >= 0.3 is 0 Å². The standard InChI is InChI=1S/C23H24N2O3S/c1-17(28-19-8-3-2-4-9-19)23-24-21-11-5-6-12-22(21)25(23)14-18(26)15-27-16-20-10-7-13-29-20/h2-13,17-18,26H,14-16H2,1H3/t17-,18-/m0/s1. The van der Waals surface area contributed by atoms with Crippen molar-refractivity contribution in [1.82, 2.24) is 9.55 Å². The number of aliphatic hydroxyl groups is 1. The average Bonchev–Trinajstić information content (AvgIpc) is 3.37. The summed E-state index contributed by atoms with van der Waals surface area (Å²) >= 11 is 1.65. The summed E-state index contributed by atoms with van der Waals surface area (Å²) in [6.07, 6.45) is -0.903. The SMILES string of the molecule is C[C@H](Oc1ccccc1)c1nc2ccccc2n1C[C@H](O)COCc1cccs1. The van der Waals surface area contributed by atoms with Crippen LogP contribution < -0.4 is 4.74 Å². The number of ether oxygens (including phenoxy) is 2. The third-order valence-electron chi connectivity index (χ3n) is 4.63. The number of aromatic nitrogens is 2. The highest BCUT2D eigenvalue weighted by molar-refractivity contribution is 7.09. The Balaban J connectivity index is 1.50. The third-order valence-corrected chi connectivity index (χ3v) is 5.48. The Morgan fingerprint density at radius 2 is 1.83 bits per heavy atom. The summed E-state index contributed by atoms with van der Waals surface area (Å²) in [6, 6.07) is 21.7. The first-order valence-electron chi connectivity index (χ1n) is 9.66. The van der Waals surface area contributed by atoms with Crippen molar-refractivity contribution in [3.63, 3.8) is 0 Å². The van der Waals surface area contributed by atoms with Gasteiger partial charge in [0.2, 0.25) is 0 Å². The van der Waals surface area contributed by atoms with Crippen LogP contribution >= 0.6 is 11.3 Å². The van der Waals surface area contributed by atoms with Crippen LogP contribution in [0.4, 0.5) is 0 Å². The summed E-state index contributed by atoms with van der Waals surface area (Å²) in [5.74, 6) is 1.57. The summed E-state index contributed by atoms with van der Waals surface area (Å²) in [4.78, 5) is 5.92. The van der Waals surface area contributed by atoms with Gasteiger partial charge in [-0.25, -0.2) is 4.98 Å². The van der Waals surface area contributed by atoms with E-state index in [2.05, 4.69) is 0 Å². The van der Waals surface area contributed by atoms with Gasteiger partial charge in [0.05, 0.1) is 36.9 Å². The Hall–Kier alpha value is -2.67. The Labute approximate surface area is 174 Å². The van der Waals surface area contributed by atoms with Crippen LogP contribution in [0.3, 0.4) is 0 Å². The number of thiophene rings is 1. The summed E-state index contributed by atoms with van der Waals surface area (Å²) in [7, 11) is 0. The number of fused-ring (bicyclic) bond motifs is 1. The predicted molar refractivity (Wildman–Crippen MR) is 115 cm³/mol. The van der Waals surface area contributed by atoms with Gasteiger partial charge in [0.15, 0.2) is 11.9 Å². The number of para-hydroxylation sites is 3. The summed E-state index contributed by atoms with van der Waals surface area (Å²) in [5, 5.41) is 12.6. The lowest BCUT2D eigenvalue weighted by atomic mass is 10.3. The first-order valence-corrected chi connectivity index (χ1v) is 10.5. The predicted octanol–water partition coefficient (Wildman–Crippen LogP) is 4.82. The molecule has 4 aromatic rings.